The summed E-state index contributed by atoms with van der Waals surface area (Å²) in [6, 6.07) is 5.72. The third kappa shape index (κ3) is 5.29. The fraction of sp³-hybridized carbons (Fsp3) is 0.269. The van der Waals surface area contributed by atoms with Crippen LogP contribution in [-0.4, -0.2) is 36.0 Å². The molecule has 1 N–H and O–H groups in total. The fourth-order valence-corrected chi connectivity index (χ4v) is 6.52. The Kier molecular flexibility index (Phi) is 8.71. The molecular weight excluding hydrogens is 664 g/mol. The molecule has 0 amide bonds. The van der Waals surface area contributed by atoms with Crippen LogP contribution in [0.4, 0.5) is 0 Å². The number of phenolic OH excluding ortho intramolecular Hbond substituents is 1. The van der Waals surface area contributed by atoms with Crippen LogP contribution < -0.4 is 24.4 Å². The smallest absolute Gasteiger partial charge is 0.338 e. The molecule has 0 spiro atoms. The lowest BCUT2D eigenvalue weighted by molar-refractivity contribution is -0.139. The van der Waals surface area contributed by atoms with Crippen LogP contribution in [-0.2, 0) is 9.53 Å². The highest BCUT2D eigenvalue weighted by Crippen LogP contribution is 2.41. The molecule has 2 heterocycles. The van der Waals surface area contributed by atoms with E-state index < -0.39 is 17.6 Å². The van der Waals surface area contributed by atoms with Crippen molar-refractivity contribution >= 4 is 66.8 Å². The number of hydrogen-bond donors (Lipinski definition) is 1. The van der Waals surface area contributed by atoms with Crippen LogP contribution >= 0.6 is 54.8 Å². The topological polar surface area (TPSA) is 99.4 Å². The van der Waals surface area contributed by atoms with Gasteiger partial charge in [-0.15, -0.1) is 0 Å². The largest absolute Gasteiger partial charge is 0.506 e. The summed E-state index contributed by atoms with van der Waals surface area (Å²) in [6.45, 7) is 5.86. The molecule has 0 saturated carbocycles. The van der Waals surface area contributed by atoms with E-state index >= 15 is 0 Å². The van der Waals surface area contributed by atoms with E-state index in [1.54, 1.807) is 44.2 Å². The molecule has 1 aliphatic heterocycles. The van der Waals surface area contributed by atoms with Gasteiger partial charge in [0.2, 0.25) is 0 Å². The fourth-order valence-electron chi connectivity index (χ4n) is 4.11. The highest BCUT2D eigenvalue weighted by atomic mass is 79.9. The lowest BCUT2D eigenvalue weighted by Gasteiger charge is -2.26. The molecule has 8 nitrogen and oxygen atoms in total. The highest BCUT2D eigenvalue weighted by Gasteiger charge is 2.35. The molecule has 0 unspecified atom stereocenters. The zero-order valence-corrected chi connectivity index (χ0v) is 25.5. The minimum Gasteiger partial charge on any atom is -0.506 e. The molecular formula is C26H23Br2ClN2O6S. The number of benzene rings is 2. The van der Waals surface area contributed by atoms with Crippen molar-refractivity contribution in [3.05, 3.63) is 80.3 Å². The number of halogens is 3. The van der Waals surface area contributed by atoms with Crippen molar-refractivity contribution in [2.75, 3.05) is 20.3 Å². The number of aromatic hydroxyl groups is 1. The van der Waals surface area contributed by atoms with Gasteiger partial charge in [0.05, 0.1) is 46.6 Å². The molecule has 12 heteroatoms. The molecule has 1 aliphatic rings. The zero-order chi connectivity index (χ0) is 27.7. The van der Waals surface area contributed by atoms with E-state index in [0.717, 1.165) is 11.3 Å². The van der Waals surface area contributed by atoms with E-state index in [4.69, 9.17) is 25.8 Å². The van der Waals surface area contributed by atoms with Crippen LogP contribution in [0.1, 0.15) is 37.9 Å². The van der Waals surface area contributed by atoms with Gasteiger partial charge in [-0.25, -0.2) is 9.79 Å². The number of methoxy groups -OCH3 is 1. The number of nitrogens with zero attached hydrogens (tertiary/aromatic N) is 2. The van der Waals surface area contributed by atoms with Crippen molar-refractivity contribution < 1.29 is 24.1 Å². The van der Waals surface area contributed by atoms with Gasteiger partial charge in [0.1, 0.15) is 5.75 Å². The SMILES string of the molecule is CCOC(=O)C1=C(C)N=c2s/c(=C/c3cc(Cl)cc(Br)c3O)c(=O)n2[C@H]1c1cc(OC)c(OCC)cc1Br. The van der Waals surface area contributed by atoms with Gasteiger partial charge in [0.15, 0.2) is 16.3 Å². The first-order valence-corrected chi connectivity index (χ1v) is 14.3. The molecule has 0 saturated heterocycles. The first-order valence-electron chi connectivity index (χ1n) is 11.5. The third-order valence-corrected chi connectivity index (χ3v) is 8.23. The Morgan fingerprint density at radius 1 is 1.18 bits per heavy atom. The van der Waals surface area contributed by atoms with Crippen molar-refractivity contribution in [1.82, 2.24) is 4.57 Å². The molecule has 200 valence electrons. The summed E-state index contributed by atoms with van der Waals surface area (Å²) in [4.78, 5) is 32.0. The van der Waals surface area contributed by atoms with Crippen LogP contribution in [0.3, 0.4) is 0 Å². The molecule has 1 aromatic heterocycles. The molecule has 0 radical (unpaired) electrons. The van der Waals surface area contributed by atoms with Gasteiger partial charge in [-0.3, -0.25) is 9.36 Å². The van der Waals surface area contributed by atoms with E-state index in [0.29, 0.717) is 58.2 Å². The zero-order valence-electron chi connectivity index (χ0n) is 20.8. The number of aromatic nitrogens is 1. The maximum absolute atomic E-state index is 13.9. The van der Waals surface area contributed by atoms with Gasteiger partial charge in [-0.1, -0.05) is 38.9 Å². The molecule has 4 rings (SSSR count). The second kappa shape index (κ2) is 11.6. The van der Waals surface area contributed by atoms with Crippen LogP contribution in [0.25, 0.3) is 6.08 Å². The van der Waals surface area contributed by atoms with Gasteiger partial charge in [-0.05, 0) is 72.6 Å². The average molecular weight is 687 g/mol. The van der Waals surface area contributed by atoms with E-state index in [-0.39, 0.29) is 17.9 Å². The number of ether oxygens (including phenoxy) is 3. The number of carbonyl (C=O) groups excluding carboxylic acids is 1. The lowest BCUT2D eigenvalue weighted by atomic mass is 9.95. The summed E-state index contributed by atoms with van der Waals surface area (Å²) in [5, 5.41) is 10.9. The Labute approximate surface area is 244 Å². The van der Waals surface area contributed by atoms with Gasteiger partial charge >= 0.3 is 5.97 Å². The number of hydrogen-bond acceptors (Lipinski definition) is 8. The first kappa shape index (κ1) is 28.4. The number of esters is 1. The van der Waals surface area contributed by atoms with Gasteiger partial charge in [-0.2, -0.15) is 0 Å². The number of carbonyl (C=O) groups is 1. The third-order valence-electron chi connectivity index (χ3n) is 5.74. The van der Waals surface area contributed by atoms with Crippen LogP contribution in [0, 0.1) is 0 Å². The molecule has 1 atom stereocenters. The monoisotopic (exact) mass is 684 g/mol. The summed E-state index contributed by atoms with van der Waals surface area (Å²) >= 11 is 14.2. The maximum Gasteiger partial charge on any atom is 0.338 e. The van der Waals surface area contributed by atoms with E-state index in [2.05, 4.69) is 36.9 Å². The Morgan fingerprint density at radius 2 is 1.92 bits per heavy atom. The Bertz CT molecular complexity index is 1650. The quantitative estimate of drug-likeness (QED) is 0.348. The predicted octanol–water partition coefficient (Wildman–Crippen LogP) is 5.09. The lowest BCUT2D eigenvalue weighted by Crippen LogP contribution is -2.40. The molecule has 2 aromatic carbocycles. The second-order valence-electron chi connectivity index (χ2n) is 8.09. The normalized spacial score (nSPS) is 15.2. The van der Waals surface area contributed by atoms with Gasteiger partial charge in [0, 0.05) is 15.1 Å². The van der Waals surface area contributed by atoms with E-state index in [1.165, 1.54) is 11.7 Å². The number of phenols is 1. The van der Waals surface area contributed by atoms with Crippen molar-refractivity contribution in [1.29, 1.82) is 0 Å². The predicted molar refractivity (Wildman–Crippen MR) is 153 cm³/mol. The molecule has 0 bridgehead atoms. The standard InChI is InChI=1S/C26H23Br2ClN2O6S/c1-5-36-19-11-16(27)15(10-18(19)35-4)22-21(25(34)37-6-2)12(3)30-26-31(22)24(33)20(38-26)8-13-7-14(29)9-17(28)23(13)32/h7-11,22,32H,5-6H2,1-4H3/b20-8+/t22-/m0/s1. The average Bonchev–Trinajstić information content (AvgIpc) is 3.16. The van der Waals surface area contributed by atoms with Crippen molar-refractivity contribution in [2.24, 2.45) is 4.99 Å². The minimum atomic E-state index is -0.869. The number of rotatable bonds is 7. The summed E-state index contributed by atoms with van der Waals surface area (Å²) in [5.41, 5.74) is 1.20. The van der Waals surface area contributed by atoms with Crippen LogP contribution in [0.15, 0.2) is 54.3 Å². The van der Waals surface area contributed by atoms with Crippen molar-refractivity contribution in [3.8, 4) is 17.2 Å². The van der Waals surface area contributed by atoms with Gasteiger partial charge < -0.3 is 19.3 Å². The second-order valence-corrected chi connectivity index (χ2v) is 11.2. The summed E-state index contributed by atoms with van der Waals surface area (Å²) in [7, 11) is 1.52. The number of fused-ring (bicyclic) bond motifs is 1. The minimum absolute atomic E-state index is 0.0563. The maximum atomic E-state index is 13.9. The van der Waals surface area contributed by atoms with E-state index in [1.807, 2.05) is 6.92 Å². The van der Waals surface area contributed by atoms with Crippen molar-refractivity contribution in [3.63, 3.8) is 0 Å². The summed E-state index contributed by atoms with van der Waals surface area (Å²) < 4.78 is 19.4. The summed E-state index contributed by atoms with van der Waals surface area (Å²) in [6.07, 6.45) is 1.55. The molecule has 0 fully saturated rings. The van der Waals surface area contributed by atoms with Gasteiger partial charge in [0.25, 0.3) is 5.56 Å². The molecule has 0 aliphatic carbocycles. The summed E-state index contributed by atoms with van der Waals surface area (Å²) in [5.74, 6) is 0.320. The Hall–Kier alpha value is -2.60. The Morgan fingerprint density at radius 3 is 2.58 bits per heavy atom. The number of allylic oxidation sites excluding steroid dienone is 1. The Balaban J connectivity index is 2.02. The van der Waals surface area contributed by atoms with E-state index in [9.17, 15) is 14.7 Å². The first-order chi connectivity index (χ1) is 18.1. The van der Waals surface area contributed by atoms with Crippen molar-refractivity contribution in [2.45, 2.75) is 26.8 Å². The van der Waals surface area contributed by atoms with Crippen LogP contribution in [0.2, 0.25) is 5.02 Å². The van der Waals surface area contributed by atoms with Crippen LogP contribution in [0.5, 0.6) is 17.2 Å². The number of thiazole rings is 1. The molecule has 3 aromatic rings. The highest BCUT2D eigenvalue weighted by molar-refractivity contribution is 9.10. The molecule has 38 heavy (non-hydrogen) atoms.